The fourth-order valence-electron chi connectivity index (χ4n) is 5.36. The number of nitrogens with zero attached hydrogens (tertiary/aromatic N) is 2. The van der Waals surface area contributed by atoms with Gasteiger partial charge in [0.2, 0.25) is 0 Å². The first-order chi connectivity index (χ1) is 18.7. The number of ether oxygens (including phenoxy) is 2. The van der Waals surface area contributed by atoms with Crippen LogP contribution in [-0.2, 0) is 26.6 Å². The predicted molar refractivity (Wildman–Crippen MR) is 149 cm³/mol. The third-order valence-corrected chi connectivity index (χ3v) is 8.35. The molecular weight excluding hydrogens is 518 g/mol. The maximum absolute atomic E-state index is 12.9. The Balaban J connectivity index is 1.33. The number of carbonyl (C=O) groups excluding carboxylic acids is 2. The Labute approximate surface area is 232 Å². The van der Waals surface area contributed by atoms with E-state index >= 15 is 0 Å². The van der Waals surface area contributed by atoms with Gasteiger partial charge >= 0.3 is 6.09 Å². The molecule has 0 radical (unpaired) electrons. The van der Waals surface area contributed by atoms with Gasteiger partial charge in [-0.1, -0.05) is 18.2 Å². The molecule has 2 amide bonds. The molecule has 2 saturated heterocycles. The monoisotopic (exact) mass is 555 g/mol. The Morgan fingerprint density at radius 3 is 2.62 bits per heavy atom. The summed E-state index contributed by atoms with van der Waals surface area (Å²) in [5.41, 5.74) is 3.12. The molecule has 0 bridgehead atoms. The number of anilines is 1. The molecular formula is C29H37N3O6S. The molecule has 2 fully saturated rings. The van der Waals surface area contributed by atoms with Crippen molar-refractivity contribution in [3.05, 3.63) is 59.2 Å². The number of amides is 2. The smallest absolute Gasteiger partial charge is 0.410 e. The van der Waals surface area contributed by atoms with E-state index in [0.29, 0.717) is 49.9 Å². The normalized spacial score (nSPS) is 23.6. The van der Waals surface area contributed by atoms with E-state index < -0.39 is 16.7 Å². The summed E-state index contributed by atoms with van der Waals surface area (Å²) in [6.07, 6.45) is 2.05. The maximum atomic E-state index is 12.9. The molecule has 3 aliphatic heterocycles. The molecule has 10 heteroatoms. The number of benzene rings is 2. The number of fused-ring (bicyclic) bond motifs is 1. The van der Waals surface area contributed by atoms with Crippen LogP contribution in [0.2, 0.25) is 0 Å². The number of nitrogens with one attached hydrogen (secondary N) is 1. The van der Waals surface area contributed by atoms with Crippen molar-refractivity contribution in [2.45, 2.75) is 58.1 Å². The van der Waals surface area contributed by atoms with Crippen LogP contribution in [0, 0.1) is 5.92 Å². The molecule has 9 nitrogen and oxygen atoms in total. The van der Waals surface area contributed by atoms with Crippen molar-refractivity contribution < 1.29 is 27.6 Å². The SMILES string of the molecule is CC(C)(C)OC(=O)N1CC[C@@H](COc2ccc3c(c2)C(=O)NC3)[C@H](c2ccc(N3CCCS(=O)O3)cc2)CC1. The van der Waals surface area contributed by atoms with Crippen molar-refractivity contribution in [3.63, 3.8) is 0 Å². The van der Waals surface area contributed by atoms with E-state index in [4.69, 9.17) is 13.8 Å². The highest BCUT2D eigenvalue weighted by molar-refractivity contribution is 7.80. The highest BCUT2D eigenvalue weighted by Gasteiger charge is 2.32. The molecule has 0 spiro atoms. The number of likely N-dealkylation sites (tertiary alicyclic amines) is 1. The molecule has 39 heavy (non-hydrogen) atoms. The summed E-state index contributed by atoms with van der Waals surface area (Å²) in [6, 6.07) is 13.9. The highest BCUT2D eigenvalue weighted by Crippen LogP contribution is 2.36. The van der Waals surface area contributed by atoms with Gasteiger partial charge in [-0.25, -0.2) is 14.1 Å². The van der Waals surface area contributed by atoms with Gasteiger partial charge in [-0.05, 0) is 81.3 Å². The molecule has 5 rings (SSSR count). The van der Waals surface area contributed by atoms with E-state index in [9.17, 15) is 13.8 Å². The third-order valence-electron chi connectivity index (χ3n) is 7.38. The van der Waals surface area contributed by atoms with E-state index in [-0.39, 0.29) is 23.8 Å². The van der Waals surface area contributed by atoms with Gasteiger partial charge in [-0.2, -0.15) is 4.28 Å². The minimum absolute atomic E-state index is 0.0718. The molecule has 3 aliphatic rings. The van der Waals surface area contributed by atoms with E-state index in [1.165, 1.54) is 0 Å². The summed E-state index contributed by atoms with van der Waals surface area (Å²) >= 11 is -1.29. The quantitative estimate of drug-likeness (QED) is 0.578. The fourth-order valence-corrected chi connectivity index (χ4v) is 6.16. The number of hydroxylamine groups is 1. The molecule has 1 N–H and O–H groups in total. The van der Waals surface area contributed by atoms with Gasteiger partial charge in [0.25, 0.3) is 5.91 Å². The second-order valence-corrected chi connectivity index (χ2v) is 12.5. The zero-order valence-corrected chi connectivity index (χ0v) is 23.6. The lowest BCUT2D eigenvalue weighted by Crippen LogP contribution is -2.37. The zero-order chi connectivity index (χ0) is 27.6. The largest absolute Gasteiger partial charge is 0.493 e. The second kappa shape index (κ2) is 11.6. The average molecular weight is 556 g/mol. The van der Waals surface area contributed by atoms with E-state index in [1.54, 1.807) is 9.96 Å². The van der Waals surface area contributed by atoms with Crippen molar-refractivity contribution in [2.24, 2.45) is 5.92 Å². The van der Waals surface area contributed by atoms with Crippen LogP contribution < -0.4 is 15.1 Å². The zero-order valence-electron chi connectivity index (χ0n) is 22.8. The van der Waals surface area contributed by atoms with Gasteiger partial charge in [-0.15, -0.1) is 0 Å². The molecule has 0 saturated carbocycles. The molecule has 2 aromatic rings. The van der Waals surface area contributed by atoms with Crippen LogP contribution in [0.3, 0.4) is 0 Å². The van der Waals surface area contributed by atoms with Crippen LogP contribution in [0.15, 0.2) is 42.5 Å². The first-order valence-electron chi connectivity index (χ1n) is 13.6. The van der Waals surface area contributed by atoms with Gasteiger partial charge in [0, 0.05) is 37.7 Å². The van der Waals surface area contributed by atoms with Crippen LogP contribution in [0.1, 0.15) is 67.4 Å². The summed E-state index contributed by atoms with van der Waals surface area (Å²) in [4.78, 5) is 26.8. The number of hydrogen-bond donors (Lipinski definition) is 1. The van der Waals surface area contributed by atoms with Crippen molar-refractivity contribution in [2.75, 3.05) is 37.1 Å². The van der Waals surface area contributed by atoms with Gasteiger partial charge in [0.1, 0.15) is 11.4 Å². The predicted octanol–water partition coefficient (Wildman–Crippen LogP) is 4.55. The average Bonchev–Trinajstić information content (AvgIpc) is 3.13. The number of carbonyl (C=O) groups is 2. The first kappa shape index (κ1) is 27.5. The van der Waals surface area contributed by atoms with Gasteiger partial charge in [0.05, 0.1) is 18.0 Å². The Morgan fingerprint density at radius 2 is 1.87 bits per heavy atom. The van der Waals surface area contributed by atoms with Crippen molar-refractivity contribution in [1.29, 1.82) is 0 Å². The third kappa shape index (κ3) is 6.73. The minimum atomic E-state index is -1.29. The van der Waals surface area contributed by atoms with Crippen LogP contribution in [0.25, 0.3) is 0 Å². The van der Waals surface area contributed by atoms with E-state index in [2.05, 4.69) is 17.4 Å². The van der Waals surface area contributed by atoms with Gasteiger partial charge in [0.15, 0.2) is 11.1 Å². The molecule has 3 atom stereocenters. The Bertz CT molecular complexity index is 1230. The molecule has 2 aromatic carbocycles. The summed E-state index contributed by atoms with van der Waals surface area (Å²) in [5.74, 6) is 1.45. The molecule has 0 aromatic heterocycles. The van der Waals surface area contributed by atoms with Crippen LogP contribution in [0.5, 0.6) is 5.75 Å². The highest BCUT2D eigenvalue weighted by atomic mass is 32.2. The number of rotatable bonds is 5. The first-order valence-corrected chi connectivity index (χ1v) is 14.9. The van der Waals surface area contributed by atoms with Crippen LogP contribution in [-0.4, -0.2) is 58.7 Å². The molecule has 1 unspecified atom stereocenters. The molecule has 0 aliphatic carbocycles. The Kier molecular flexibility index (Phi) is 8.13. The minimum Gasteiger partial charge on any atom is -0.493 e. The summed E-state index contributed by atoms with van der Waals surface area (Å²) in [7, 11) is 0. The Hall–Kier alpha value is -3.11. The maximum Gasteiger partial charge on any atom is 0.410 e. The lowest BCUT2D eigenvalue weighted by molar-refractivity contribution is 0.0253. The van der Waals surface area contributed by atoms with Crippen LogP contribution >= 0.6 is 0 Å². The van der Waals surface area contributed by atoms with Gasteiger partial charge < -0.3 is 19.7 Å². The lowest BCUT2D eigenvalue weighted by Gasteiger charge is -2.28. The summed E-state index contributed by atoms with van der Waals surface area (Å²) < 4.78 is 29.3. The van der Waals surface area contributed by atoms with Gasteiger partial charge in [-0.3, -0.25) is 4.79 Å². The lowest BCUT2D eigenvalue weighted by atomic mass is 9.83. The number of hydrogen-bond acceptors (Lipinski definition) is 7. The molecule has 210 valence electrons. The standard InChI is InChI=1S/C29H37N3O6S/c1-29(2,3)37-28(34)31-14-11-22(19-36-24-10-7-21-18-30-27(33)26(21)17-24)25(12-15-31)20-5-8-23(9-6-20)32-13-4-16-39(35)38-32/h5-10,17,22,25H,4,11-16,18-19H2,1-3H3,(H,30,33)/t22-,25-,39?/m0/s1. The topological polar surface area (TPSA) is 97.4 Å². The van der Waals surface area contributed by atoms with E-state index in [0.717, 1.165) is 36.1 Å². The van der Waals surface area contributed by atoms with Crippen molar-refractivity contribution in [1.82, 2.24) is 10.2 Å². The Morgan fingerprint density at radius 1 is 1.10 bits per heavy atom. The molecule has 3 heterocycles. The summed E-state index contributed by atoms with van der Waals surface area (Å²) in [5, 5.41) is 4.54. The second-order valence-electron chi connectivity index (χ2n) is 11.4. The van der Waals surface area contributed by atoms with Crippen LogP contribution in [0.4, 0.5) is 10.5 Å². The summed E-state index contributed by atoms with van der Waals surface area (Å²) in [6.45, 7) is 8.51. The fraction of sp³-hybridized carbons (Fsp3) is 0.517. The van der Waals surface area contributed by atoms with Crippen molar-refractivity contribution >= 4 is 28.8 Å². The van der Waals surface area contributed by atoms with E-state index in [1.807, 2.05) is 51.1 Å². The van der Waals surface area contributed by atoms with Crippen molar-refractivity contribution in [3.8, 4) is 5.75 Å².